The maximum absolute atomic E-state index is 13.5. The summed E-state index contributed by atoms with van der Waals surface area (Å²) in [5.74, 6) is 0.524. The first-order valence-electron chi connectivity index (χ1n) is 15.7. The number of rotatable bonds is 13. The molecule has 0 aliphatic carbocycles. The van der Waals surface area contributed by atoms with E-state index in [1.54, 1.807) is 24.3 Å². The monoisotopic (exact) mass is 635 g/mol. The highest BCUT2D eigenvalue weighted by Crippen LogP contribution is 2.32. The Morgan fingerprint density at radius 1 is 0.787 bits per heavy atom. The Kier molecular flexibility index (Phi) is 9.98. The molecule has 3 amide bonds. The number of carbonyl (C=O) groups is 3. The lowest BCUT2D eigenvalue weighted by molar-refractivity contribution is -0.129. The molecule has 0 spiro atoms. The number of nitrogens with one attached hydrogen (secondary N) is 2. The number of fused-ring (bicyclic) bond motifs is 1. The van der Waals surface area contributed by atoms with Gasteiger partial charge in [-0.3, -0.25) is 14.5 Å². The van der Waals surface area contributed by atoms with E-state index in [0.717, 1.165) is 16.7 Å². The Hall–Kier alpha value is -5.35. The number of hydrogen-bond donors (Lipinski definition) is 3. The number of ether oxygens (including phenoxy) is 3. The molecule has 0 saturated carbocycles. The van der Waals surface area contributed by atoms with Crippen LogP contribution in [0.3, 0.4) is 0 Å². The fourth-order valence-corrected chi connectivity index (χ4v) is 5.91. The molecular weight excluding hydrogens is 598 g/mol. The normalized spacial score (nSPS) is 17.0. The van der Waals surface area contributed by atoms with Crippen molar-refractivity contribution in [2.75, 3.05) is 18.2 Å². The standard InChI is InChI=1S/C37H37N3O7/c41-31(30(19-26-12-6-2-7-13-26)39-35(42)21-27-16-17-32-33(20-27)46-24-45-32)22-28(18-25-10-4-1-5-11-25)38-36(43)34-23-40(37(44)47-34)29-14-8-3-9-15-29/h1-17,20,28,30-31,34,41H,18-19,21-24H2,(H,38,43)(H,39,42). The number of cyclic esters (lactones) is 1. The molecule has 4 atom stereocenters. The van der Waals surface area contributed by atoms with Crippen molar-refractivity contribution in [3.8, 4) is 11.5 Å². The molecule has 2 aliphatic heterocycles. The summed E-state index contributed by atoms with van der Waals surface area (Å²) in [6.07, 6.45) is -1.58. The molecule has 0 bridgehead atoms. The molecule has 242 valence electrons. The van der Waals surface area contributed by atoms with Crippen molar-refractivity contribution in [1.82, 2.24) is 10.6 Å². The number of benzene rings is 4. The van der Waals surface area contributed by atoms with Crippen molar-refractivity contribution in [2.24, 2.45) is 0 Å². The van der Waals surface area contributed by atoms with E-state index in [9.17, 15) is 19.5 Å². The predicted octanol–water partition coefficient (Wildman–Crippen LogP) is 4.19. The summed E-state index contributed by atoms with van der Waals surface area (Å²) in [7, 11) is 0. The van der Waals surface area contributed by atoms with Gasteiger partial charge in [0.15, 0.2) is 17.6 Å². The van der Waals surface area contributed by atoms with Crippen molar-refractivity contribution >= 4 is 23.6 Å². The van der Waals surface area contributed by atoms with Gasteiger partial charge in [-0.15, -0.1) is 0 Å². The fraction of sp³-hybridized carbons (Fsp3) is 0.270. The number of aliphatic hydroxyl groups is 1. The Balaban J connectivity index is 1.16. The number of carbonyl (C=O) groups excluding carboxylic acids is 3. The summed E-state index contributed by atoms with van der Waals surface area (Å²) in [5, 5.41) is 17.7. The van der Waals surface area contributed by atoms with Gasteiger partial charge < -0.3 is 30.0 Å². The molecule has 4 aromatic carbocycles. The molecule has 0 aromatic heterocycles. The Labute approximate surface area is 273 Å². The average molecular weight is 636 g/mol. The quantitative estimate of drug-likeness (QED) is 0.201. The van der Waals surface area contributed by atoms with Crippen molar-refractivity contribution < 1.29 is 33.7 Å². The van der Waals surface area contributed by atoms with Crippen LogP contribution in [0, 0.1) is 0 Å². The largest absolute Gasteiger partial charge is 0.454 e. The Morgan fingerprint density at radius 3 is 2.13 bits per heavy atom. The molecule has 0 radical (unpaired) electrons. The molecule has 4 unspecified atom stereocenters. The van der Waals surface area contributed by atoms with Gasteiger partial charge in [0, 0.05) is 11.7 Å². The number of aliphatic hydroxyl groups excluding tert-OH is 1. The van der Waals surface area contributed by atoms with E-state index in [2.05, 4.69) is 10.6 Å². The number of amides is 3. The van der Waals surface area contributed by atoms with Crippen LogP contribution in [0.5, 0.6) is 11.5 Å². The van der Waals surface area contributed by atoms with Gasteiger partial charge in [0.2, 0.25) is 12.7 Å². The molecule has 1 fully saturated rings. The zero-order valence-corrected chi connectivity index (χ0v) is 25.8. The van der Waals surface area contributed by atoms with Crippen molar-refractivity contribution in [1.29, 1.82) is 0 Å². The highest BCUT2D eigenvalue weighted by atomic mass is 16.7. The fourth-order valence-electron chi connectivity index (χ4n) is 5.91. The van der Waals surface area contributed by atoms with Crippen LogP contribution in [-0.2, 0) is 33.6 Å². The van der Waals surface area contributed by atoms with Gasteiger partial charge in [0.25, 0.3) is 5.91 Å². The van der Waals surface area contributed by atoms with Gasteiger partial charge in [-0.2, -0.15) is 0 Å². The molecule has 2 aliphatic rings. The topological polar surface area (TPSA) is 126 Å². The molecule has 10 nitrogen and oxygen atoms in total. The van der Waals surface area contributed by atoms with E-state index >= 15 is 0 Å². The molecule has 47 heavy (non-hydrogen) atoms. The van der Waals surface area contributed by atoms with Gasteiger partial charge in [0.05, 0.1) is 25.1 Å². The van der Waals surface area contributed by atoms with Crippen molar-refractivity contribution in [2.45, 2.75) is 50.0 Å². The minimum Gasteiger partial charge on any atom is -0.454 e. The maximum atomic E-state index is 13.5. The van der Waals surface area contributed by atoms with Gasteiger partial charge in [0.1, 0.15) is 0 Å². The number of nitrogens with zero attached hydrogens (tertiary/aromatic N) is 1. The zero-order valence-electron chi connectivity index (χ0n) is 25.8. The molecule has 2 heterocycles. The van der Waals surface area contributed by atoms with Gasteiger partial charge in [-0.1, -0.05) is 84.9 Å². The smallest absolute Gasteiger partial charge is 0.415 e. The van der Waals surface area contributed by atoms with Gasteiger partial charge >= 0.3 is 6.09 Å². The molecular formula is C37H37N3O7. The second kappa shape index (κ2) is 14.8. The maximum Gasteiger partial charge on any atom is 0.415 e. The van der Waals surface area contributed by atoms with E-state index in [1.165, 1.54) is 4.90 Å². The second-order valence-electron chi connectivity index (χ2n) is 11.7. The summed E-state index contributed by atoms with van der Waals surface area (Å²) in [6.45, 7) is 0.216. The first-order valence-corrected chi connectivity index (χ1v) is 15.7. The van der Waals surface area contributed by atoms with Crippen molar-refractivity contribution in [3.05, 3.63) is 126 Å². The minimum absolute atomic E-state index is 0.0713. The Bertz CT molecular complexity index is 1670. The van der Waals surface area contributed by atoms with E-state index < -0.39 is 36.3 Å². The molecule has 1 saturated heterocycles. The summed E-state index contributed by atoms with van der Waals surface area (Å²) >= 11 is 0. The lowest BCUT2D eigenvalue weighted by atomic mass is 9.93. The lowest BCUT2D eigenvalue weighted by Crippen LogP contribution is -2.50. The average Bonchev–Trinajstić information content (AvgIpc) is 3.72. The van der Waals surface area contributed by atoms with Crippen LogP contribution in [-0.4, -0.2) is 60.6 Å². The molecule has 4 aromatic rings. The second-order valence-corrected chi connectivity index (χ2v) is 11.7. The van der Waals surface area contributed by atoms with Crippen LogP contribution in [0.1, 0.15) is 23.1 Å². The summed E-state index contributed by atoms with van der Waals surface area (Å²) in [4.78, 5) is 40.8. The van der Waals surface area contributed by atoms with E-state index in [4.69, 9.17) is 14.2 Å². The third kappa shape index (κ3) is 8.28. The lowest BCUT2D eigenvalue weighted by Gasteiger charge is -2.29. The zero-order chi connectivity index (χ0) is 32.6. The van der Waals surface area contributed by atoms with E-state index in [0.29, 0.717) is 30.0 Å². The van der Waals surface area contributed by atoms with Crippen LogP contribution in [0.2, 0.25) is 0 Å². The third-order valence-corrected chi connectivity index (χ3v) is 8.28. The summed E-state index contributed by atoms with van der Waals surface area (Å²) < 4.78 is 16.3. The van der Waals surface area contributed by atoms with Crippen LogP contribution in [0.4, 0.5) is 10.5 Å². The third-order valence-electron chi connectivity index (χ3n) is 8.28. The van der Waals surface area contributed by atoms with E-state index in [1.807, 2.05) is 84.9 Å². The van der Waals surface area contributed by atoms with Gasteiger partial charge in [-0.05, 0) is 60.2 Å². The number of anilines is 1. The highest BCUT2D eigenvalue weighted by molar-refractivity contribution is 5.95. The van der Waals surface area contributed by atoms with Crippen LogP contribution >= 0.6 is 0 Å². The molecule has 6 rings (SSSR count). The Morgan fingerprint density at radius 2 is 1.43 bits per heavy atom. The summed E-state index contributed by atoms with van der Waals surface area (Å²) in [6, 6.07) is 32.5. The predicted molar refractivity (Wildman–Crippen MR) is 175 cm³/mol. The SMILES string of the molecule is O=C(Cc1ccc2c(c1)OCO2)NC(Cc1ccccc1)C(O)CC(Cc1ccccc1)NC(=O)C1CN(c2ccccc2)C(=O)O1. The van der Waals surface area contributed by atoms with Gasteiger partial charge in [-0.25, -0.2) is 4.79 Å². The summed E-state index contributed by atoms with van der Waals surface area (Å²) in [5.41, 5.74) is 3.31. The van der Waals surface area contributed by atoms with E-state index in [-0.39, 0.29) is 32.1 Å². The van der Waals surface area contributed by atoms with Crippen LogP contribution < -0.4 is 25.0 Å². The minimum atomic E-state index is -1.02. The molecule has 3 N–H and O–H groups in total. The highest BCUT2D eigenvalue weighted by Gasteiger charge is 2.38. The number of hydrogen-bond acceptors (Lipinski definition) is 7. The van der Waals surface area contributed by atoms with Crippen molar-refractivity contribution in [3.63, 3.8) is 0 Å². The molecule has 10 heteroatoms. The first-order chi connectivity index (χ1) is 22.9. The number of para-hydroxylation sites is 1. The van der Waals surface area contributed by atoms with Crippen LogP contribution in [0.15, 0.2) is 109 Å². The van der Waals surface area contributed by atoms with Crippen LogP contribution in [0.25, 0.3) is 0 Å². The first kappa shape index (κ1) is 31.6.